The topological polar surface area (TPSA) is 104 Å². The zero-order valence-corrected chi connectivity index (χ0v) is 19.2. The van der Waals surface area contributed by atoms with Gasteiger partial charge < -0.3 is 19.6 Å². The largest absolute Gasteiger partial charge is 0.481 e. The summed E-state index contributed by atoms with van der Waals surface area (Å²) in [6.45, 7) is 1.81. The fourth-order valence-electron chi connectivity index (χ4n) is 4.23. The minimum Gasteiger partial charge on any atom is -0.481 e. The number of sulfone groups is 1. The SMILES string of the molecule is CC(=O)O.CN(C)[C@@H]1CS(=O)(=O)[C@H]2CN(C(=O)c3cccc(Oc4ccccc4)c3)C[C@@H]12. The molecule has 0 saturated carbocycles. The van der Waals surface area contributed by atoms with Gasteiger partial charge in [0.1, 0.15) is 11.5 Å². The maximum atomic E-state index is 13.0. The number of amides is 1. The van der Waals surface area contributed by atoms with E-state index >= 15 is 0 Å². The van der Waals surface area contributed by atoms with Crippen LogP contribution in [0.15, 0.2) is 54.6 Å². The number of nitrogens with zero attached hydrogens (tertiary/aromatic N) is 2. The Morgan fingerprint density at radius 3 is 2.28 bits per heavy atom. The molecule has 0 unspecified atom stereocenters. The van der Waals surface area contributed by atoms with E-state index in [-0.39, 0.29) is 30.2 Å². The molecule has 0 aromatic heterocycles. The van der Waals surface area contributed by atoms with Gasteiger partial charge in [-0.2, -0.15) is 0 Å². The van der Waals surface area contributed by atoms with Crippen molar-refractivity contribution in [3.8, 4) is 11.5 Å². The monoisotopic (exact) mass is 460 g/mol. The van der Waals surface area contributed by atoms with Crippen molar-refractivity contribution in [2.24, 2.45) is 5.92 Å². The van der Waals surface area contributed by atoms with Crippen LogP contribution < -0.4 is 4.74 Å². The zero-order chi connectivity index (χ0) is 23.5. The Bertz CT molecular complexity index is 1070. The van der Waals surface area contributed by atoms with Crippen LogP contribution in [0.1, 0.15) is 17.3 Å². The molecule has 0 spiro atoms. The molecule has 8 nitrogen and oxygen atoms in total. The first-order valence-corrected chi connectivity index (χ1v) is 12.0. The number of likely N-dealkylation sites (tertiary alicyclic amines) is 1. The Balaban J connectivity index is 0.000000668. The highest BCUT2D eigenvalue weighted by Gasteiger charge is 2.53. The summed E-state index contributed by atoms with van der Waals surface area (Å²) in [6, 6.07) is 16.4. The summed E-state index contributed by atoms with van der Waals surface area (Å²) in [4.78, 5) is 25.7. The minimum absolute atomic E-state index is 0.0345. The van der Waals surface area contributed by atoms with Crippen molar-refractivity contribution >= 4 is 21.7 Å². The van der Waals surface area contributed by atoms with Crippen LogP contribution in [0.5, 0.6) is 11.5 Å². The Hall–Kier alpha value is -2.91. The third kappa shape index (κ3) is 5.46. The van der Waals surface area contributed by atoms with E-state index in [0.717, 1.165) is 6.92 Å². The Kier molecular flexibility index (Phi) is 7.20. The first-order valence-electron chi connectivity index (χ1n) is 10.3. The Labute approximate surface area is 188 Å². The van der Waals surface area contributed by atoms with Crippen LogP contribution in [0.2, 0.25) is 0 Å². The van der Waals surface area contributed by atoms with Crippen LogP contribution in [0, 0.1) is 5.92 Å². The van der Waals surface area contributed by atoms with E-state index in [0.29, 0.717) is 23.6 Å². The smallest absolute Gasteiger partial charge is 0.300 e. The molecule has 2 aliphatic rings. The van der Waals surface area contributed by atoms with E-state index in [9.17, 15) is 13.2 Å². The fourth-order valence-corrected chi connectivity index (χ4v) is 6.71. The number of hydrogen-bond donors (Lipinski definition) is 1. The average Bonchev–Trinajstić information content (AvgIpc) is 3.27. The van der Waals surface area contributed by atoms with Crippen molar-refractivity contribution in [2.45, 2.75) is 18.2 Å². The van der Waals surface area contributed by atoms with Gasteiger partial charge in [0.2, 0.25) is 0 Å². The van der Waals surface area contributed by atoms with E-state index in [1.54, 1.807) is 29.2 Å². The maximum absolute atomic E-state index is 13.0. The summed E-state index contributed by atoms with van der Waals surface area (Å²) in [5.74, 6) is 0.434. The molecule has 2 aromatic rings. The van der Waals surface area contributed by atoms with Gasteiger partial charge in [0.25, 0.3) is 11.9 Å². The summed E-state index contributed by atoms with van der Waals surface area (Å²) < 4.78 is 30.9. The third-order valence-electron chi connectivity index (χ3n) is 5.68. The molecule has 9 heteroatoms. The second kappa shape index (κ2) is 9.70. The maximum Gasteiger partial charge on any atom is 0.300 e. The summed E-state index contributed by atoms with van der Waals surface area (Å²) in [5.41, 5.74) is 0.507. The van der Waals surface area contributed by atoms with Crippen molar-refractivity contribution < 1.29 is 27.9 Å². The van der Waals surface area contributed by atoms with Crippen LogP contribution >= 0.6 is 0 Å². The Morgan fingerprint density at radius 1 is 1.03 bits per heavy atom. The lowest BCUT2D eigenvalue weighted by atomic mass is 10.00. The van der Waals surface area contributed by atoms with Crippen molar-refractivity contribution in [3.05, 3.63) is 60.2 Å². The van der Waals surface area contributed by atoms with Crippen LogP contribution in [0.25, 0.3) is 0 Å². The van der Waals surface area contributed by atoms with Gasteiger partial charge in [0.15, 0.2) is 9.84 Å². The summed E-state index contributed by atoms with van der Waals surface area (Å²) in [7, 11) is 0.625. The number of hydrogen-bond acceptors (Lipinski definition) is 6. The molecule has 172 valence electrons. The number of carbonyl (C=O) groups excluding carboxylic acids is 1. The van der Waals surface area contributed by atoms with E-state index in [2.05, 4.69) is 0 Å². The summed E-state index contributed by atoms with van der Waals surface area (Å²) >= 11 is 0. The normalized spacial score (nSPS) is 23.2. The molecule has 1 N–H and O–H groups in total. The molecule has 1 amide bonds. The Morgan fingerprint density at radius 2 is 1.66 bits per heavy atom. The molecule has 2 fully saturated rings. The van der Waals surface area contributed by atoms with Gasteiger partial charge in [-0.25, -0.2) is 8.42 Å². The lowest BCUT2D eigenvalue weighted by Gasteiger charge is -2.25. The quantitative estimate of drug-likeness (QED) is 0.747. The number of ether oxygens (including phenoxy) is 1. The van der Waals surface area contributed by atoms with Gasteiger partial charge in [-0.05, 0) is 44.4 Å². The summed E-state index contributed by atoms with van der Waals surface area (Å²) in [6.07, 6.45) is 0. The minimum atomic E-state index is -3.18. The van der Waals surface area contributed by atoms with Crippen molar-refractivity contribution in [1.82, 2.24) is 9.80 Å². The molecule has 0 bridgehead atoms. The van der Waals surface area contributed by atoms with Crippen LogP contribution in [0.4, 0.5) is 0 Å². The lowest BCUT2D eigenvalue weighted by Crippen LogP contribution is -2.38. The lowest BCUT2D eigenvalue weighted by molar-refractivity contribution is -0.134. The van der Waals surface area contributed by atoms with E-state index in [1.165, 1.54) is 0 Å². The number of carboxylic acids is 1. The van der Waals surface area contributed by atoms with Gasteiger partial charge in [-0.1, -0.05) is 24.3 Å². The number of benzene rings is 2. The van der Waals surface area contributed by atoms with Crippen molar-refractivity contribution in [1.29, 1.82) is 0 Å². The van der Waals surface area contributed by atoms with Crippen molar-refractivity contribution in [3.63, 3.8) is 0 Å². The molecule has 2 saturated heterocycles. The van der Waals surface area contributed by atoms with Gasteiger partial charge >= 0.3 is 0 Å². The van der Waals surface area contributed by atoms with Crippen LogP contribution in [-0.2, 0) is 14.6 Å². The zero-order valence-electron chi connectivity index (χ0n) is 18.3. The molecule has 3 atom stereocenters. The van der Waals surface area contributed by atoms with Crippen molar-refractivity contribution in [2.75, 3.05) is 32.9 Å². The highest BCUT2D eigenvalue weighted by atomic mass is 32.2. The molecular formula is C23H28N2O6S. The first-order chi connectivity index (χ1) is 15.1. The highest BCUT2D eigenvalue weighted by Crippen LogP contribution is 2.36. The van der Waals surface area contributed by atoms with Gasteiger partial charge in [-0.3, -0.25) is 9.59 Å². The van der Waals surface area contributed by atoms with Crippen LogP contribution in [0.3, 0.4) is 0 Å². The number of carbonyl (C=O) groups is 2. The summed E-state index contributed by atoms with van der Waals surface area (Å²) in [5, 5.41) is 6.95. The second-order valence-corrected chi connectivity index (χ2v) is 10.5. The predicted octanol–water partition coefficient (Wildman–Crippen LogP) is 2.37. The van der Waals surface area contributed by atoms with E-state index in [4.69, 9.17) is 14.6 Å². The second-order valence-electron chi connectivity index (χ2n) is 8.23. The molecule has 0 aliphatic carbocycles. The number of fused-ring (bicyclic) bond motifs is 1. The molecule has 4 rings (SSSR count). The van der Waals surface area contributed by atoms with Gasteiger partial charge in [0, 0.05) is 37.5 Å². The highest BCUT2D eigenvalue weighted by molar-refractivity contribution is 7.92. The molecule has 2 aliphatic heterocycles. The predicted molar refractivity (Wildman–Crippen MR) is 121 cm³/mol. The molecular weight excluding hydrogens is 432 g/mol. The van der Waals surface area contributed by atoms with Crippen LogP contribution in [-0.4, -0.2) is 79.4 Å². The van der Waals surface area contributed by atoms with E-state index in [1.807, 2.05) is 49.3 Å². The number of rotatable bonds is 4. The van der Waals surface area contributed by atoms with E-state index < -0.39 is 21.1 Å². The molecule has 32 heavy (non-hydrogen) atoms. The number of para-hydroxylation sites is 1. The molecule has 2 heterocycles. The molecule has 0 radical (unpaired) electrons. The number of carboxylic acid groups (broad SMARTS) is 1. The molecule has 2 aromatic carbocycles. The first kappa shape index (κ1) is 23.7. The average molecular weight is 461 g/mol. The standard InChI is InChI=1S/C21H24N2O4S.C2H4O2/c1-22(2)19-14-28(25,26)20-13-23(12-18(19)20)21(24)15-7-6-10-17(11-15)27-16-8-4-3-5-9-16;1-2(3)4/h3-11,18-20H,12-14H2,1-2H3;1H3,(H,3,4)/t18-,19+,20-;/m0./s1. The fraction of sp³-hybridized carbons (Fsp3) is 0.391. The number of aliphatic carboxylic acids is 1. The van der Waals surface area contributed by atoms with Gasteiger partial charge in [0.05, 0.1) is 11.0 Å². The third-order valence-corrected chi connectivity index (χ3v) is 7.91. The van der Waals surface area contributed by atoms with Gasteiger partial charge in [-0.15, -0.1) is 0 Å².